The van der Waals surface area contributed by atoms with E-state index in [1.54, 1.807) is 10.9 Å². The molecule has 1 aliphatic carbocycles. The molecule has 0 aliphatic heterocycles. The summed E-state index contributed by atoms with van der Waals surface area (Å²) < 4.78 is 3.67. The number of hydrogen-bond acceptors (Lipinski definition) is 6. The van der Waals surface area contributed by atoms with Crippen LogP contribution in [0.15, 0.2) is 46.4 Å². The summed E-state index contributed by atoms with van der Waals surface area (Å²) >= 11 is 6.09. The van der Waals surface area contributed by atoms with Gasteiger partial charge in [-0.2, -0.15) is 10.1 Å². The van der Waals surface area contributed by atoms with E-state index in [2.05, 4.69) is 38.2 Å². The van der Waals surface area contributed by atoms with Gasteiger partial charge in [0.1, 0.15) is 5.69 Å². The molecular formula is C24H24ClN7O. The fourth-order valence-corrected chi connectivity index (χ4v) is 4.55. The summed E-state index contributed by atoms with van der Waals surface area (Å²) in [6.07, 6.45) is 5.69. The van der Waals surface area contributed by atoms with Crippen LogP contribution < -0.4 is 10.9 Å². The van der Waals surface area contributed by atoms with Crippen molar-refractivity contribution in [2.45, 2.75) is 38.8 Å². The molecule has 0 spiro atoms. The van der Waals surface area contributed by atoms with Crippen molar-refractivity contribution in [3.8, 4) is 11.1 Å². The molecule has 1 fully saturated rings. The Morgan fingerprint density at radius 1 is 1.30 bits per heavy atom. The molecule has 0 unspecified atom stereocenters. The molecule has 0 bridgehead atoms. The maximum atomic E-state index is 13.9. The minimum atomic E-state index is -0.226. The number of halogens is 1. The highest BCUT2D eigenvalue weighted by molar-refractivity contribution is 6.28. The SMILES string of the molecule is C=Nc1c(C)nc(Cl)nc1N[C@@H](C)c1cc2cccc(-c3cnn(C)c3)c2c(=O)n1C1CC1. The molecule has 0 saturated heterocycles. The Kier molecular flexibility index (Phi) is 5.25. The highest BCUT2D eigenvalue weighted by atomic mass is 35.5. The first-order chi connectivity index (χ1) is 15.9. The van der Waals surface area contributed by atoms with Gasteiger partial charge >= 0.3 is 0 Å². The molecule has 9 heteroatoms. The summed E-state index contributed by atoms with van der Waals surface area (Å²) in [4.78, 5) is 26.4. The van der Waals surface area contributed by atoms with Crippen molar-refractivity contribution < 1.29 is 0 Å². The Balaban J connectivity index is 1.66. The molecule has 0 radical (unpaired) electrons. The van der Waals surface area contributed by atoms with Gasteiger partial charge in [-0.15, -0.1) is 0 Å². The van der Waals surface area contributed by atoms with Gasteiger partial charge in [0, 0.05) is 30.5 Å². The van der Waals surface area contributed by atoms with Crippen LogP contribution >= 0.6 is 11.6 Å². The summed E-state index contributed by atoms with van der Waals surface area (Å²) in [6, 6.07) is 7.98. The molecule has 3 heterocycles. The van der Waals surface area contributed by atoms with Gasteiger partial charge < -0.3 is 9.88 Å². The van der Waals surface area contributed by atoms with Crippen LogP contribution in [0.2, 0.25) is 5.28 Å². The number of nitrogens with zero attached hydrogens (tertiary/aromatic N) is 6. The fraction of sp³-hybridized carbons (Fsp3) is 0.292. The van der Waals surface area contributed by atoms with Crippen LogP contribution in [-0.2, 0) is 7.05 Å². The Bertz CT molecular complexity index is 1450. The van der Waals surface area contributed by atoms with Crippen LogP contribution in [0.3, 0.4) is 0 Å². The number of aliphatic imine (C=N–C) groups is 1. The highest BCUT2D eigenvalue weighted by Crippen LogP contribution is 2.39. The van der Waals surface area contributed by atoms with Gasteiger partial charge in [0.2, 0.25) is 5.28 Å². The predicted molar refractivity (Wildman–Crippen MR) is 132 cm³/mol. The van der Waals surface area contributed by atoms with Crippen LogP contribution in [0.5, 0.6) is 0 Å². The second-order valence-corrected chi connectivity index (χ2v) is 8.79. The van der Waals surface area contributed by atoms with Crippen molar-refractivity contribution in [1.29, 1.82) is 0 Å². The molecule has 1 saturated carbocycles. The van der Waals surface area contributed by atoms with Gasteiger partial charge in [0.05, 0.1) is 23.3 Å². The zero-order chi connectivity index (χ0) is 23.3. The molecule has 1 aliphatic rings. The maximum absolute atomic E-state index is 13.9. The Morgan fingerprint density at radius 3 is 2.76 bits per heavy atom. The minimum Gasteiger partial charge on any atom is -0.360 e. The number of nitrogens with one attached hydrogen (secondary N) is 1. The summed E-state index contributed by atoms with van der Waals surface area (Å²) in [5.41, 5.74) is 3.90. The molecule has 168 valence electrons. The lowest BCUT2D eigenvalue weighted by Crippen LogP contribution is -2.26. The van der Waals surface area contributed by atoms with E-state index in [1.165, 1.54) is 0 Å². The van der Waals surface area contributed by atoms with Gasteiger partial charge in [-0.25, -0.2) is 4.98 Å². The lowest BCUT2D eigenvalue weighted by Gasteiger charge is -2.22. The van der Waals surface area contributed by atoms with Crippen LogP contribution in [0, 0.1) is 6.92 Å². The fourth-order valence-electron chi connectivity index (χ4n) is 4.34. The van der Waals surface area contributed by atoms with Crippen molar-refractivity contribution in [1.82, 2.24) is 24.3 Å². The molecule has 1 aromatic carbocycles. The molecule has 1 N–H and O–H groups in total. The van der Waals surface area contributed by atoms with Gasteiger partial charge in [0.25, 0.3) is 5.56 Å². The van der Waals surface area contributed by atoms with E-state index in [-0.39, 0.29) is 22.9 Å². The van der Waals surface area contributed by atoms with Crippen molar-refractivity contribution in [3.05, 3.63) is 63.7 Å². The maximum Gasteiger partial charge on any atom is 0.259 e. The molecule has 4 aromatic rings. The van der Waals surface area contributed by atoms with Crippen LogP contribution in [-0.4, -0.2) is 31.0 Å². The summed E-state index contributed by atoms with van der Waals surface area (Å²) in [5.74, 6) is 0.494. The zero-order valence-electron chi connectivity index (χ0n) is 18.7. The summed E-state index contributed by atoms with van der Waals surface area (Å²) in [7, 11) is 1.87. The Labute approximate surface area is 196 Å². The lowest BCUT2D eigenvalue weighted by molar-refractivity contribution is 0.636. The number of aromatic nitrogens is 5. The van der Waals surface area contributed by atoms with Crippen molar-refractivity contribution in [2.24, 2.45) is 12.0 Å². The van der Waals surface area contributed by atoms with Crippen LogP contribution in [0.25, 0.3) is 21.9 Å². The van der Waals surface area contributed by atoms with Crippen molar-refractivity contribution >= 4 is 40.6 Å². The quantitative estimate of drug-likeness (QED) is 0.322. The number of pyridine rings is 1. The standard InChI is InChI=1S/C24H24ClN7O/c1-13(28-22-21(26-3)14(2)29-24(25)30-22)19-10-15-6-5-7-18(16-11-27-31(4)12-16)20(15)23(33)32(19)17-8-9-17/h5-7,10-13,17H,3,8-9H2,1-2,4H3,(H,28,29,30)/t13-/m0/s1. The average Bonchev–Trinajstić information content (AvgIpc) is 3.52. The normalized spacial score (nSPS) is 14.4. The van der Waals surface area contributed by atoms with Crippen LogP contribution in [0.4, 0.5) is 11.5 Å². The molecule has 5 rings (SSSR count). The molecule has 0 amide bonds. The number of fused-ring (bicyclic) bond motifs is 1. The third-order valence-electron chi connectivity index (χ3n) is 6.02. The first kappa shape index (κ1) is 21.3. The van der Waals surface area contributed by atoms with Gasteiger partial charge in [0.15, 0.2) is 5.82 Å². The molecule has 8 nitrogen and oxygen atoms in total. The number of benzene rings is 1. The van der Waals surface area contributed by atoms with E-state index in [9.17, 15) is 4.79 Å². The smallest absolute Gasteiger partial charge is 0.259 e. The van der Waals surface area contributed by atoms with E-state index < -0.39 is 0 Å². The summed E-state index contributed by atoms with van der Waals surface area (Å²) in [5, 5.41) is 9.40. The Hall–Kier alpha value is -3.52. The molecular weight excluding hydrogens is 438 g/mol. The second-order valence-electron chi connectivity index (χ2n) is 8.45. The number of hydrogen-bond donors (Lipinski definition) is 1. The van der Waals surface area contributed by atoms with E-state index in [0.717, 1.165) is 35.0 Å². The number of aryl methyl sites for hydroxylation is 2. The lowest BCUT2D eigenvalue weighted by atomic mass is 10.00. The average molecular weight is 462 g/mol. The topological polar surface area (TPSA) is 90.0 Å². The largest absolute Gasteiger partial charge is 0.360 e. The molecule has 33 heavy (non-hydrogen) atoms. The third-order valence-corrected chi connectivity index (χ3v) is 6.19. The van der Waals surface area contributed by atoms with E-state index >= 15 is 0 Å². The third kappa shape index (κ3) is 3.80. The highest BCUT2D eigenvalue weighted by Gasteiger charge is 2.30. The molecule has 3 aromatic heterocycles. The Morgan fingerprint density at radius 2 is 2.09 bits per heavy atom. The molecule has 1 atom stereocenters. The number of anilines is 1. The zero-order valence-corrected chi connectivity index (χ0v) is 19.5. The minimum absolute atomic E-state index is 0.0112. The van der Waals surface area contributed by atoms with Crippen molar-refractivity contribution in [2.75, 3.05) is 5.32 Å². The first-order valence-corrected chi connectivity index (χ1v) is 11.2. The van der Waals surface area contributed by atoms with E-state index in [4.69, 9.17) is 11.6 Å². The van der Waals surface area contributed by atoms with Gasteiger partial charge in [-0.05, 0) is 62.0 Å². The summed E-state index contributed by atoms with van der Waals surface area (Å²) in [6.45, 7) is 7.45. The van der Waals surface area contributed by atoms with E-state index in [1.807, 2.05) is 49.9 Å². The van der Waals surface area contributed by atoms with E-state index in [0.29, 0.717) is 22.6 Å². The van der Waals surface area contributed by atoms with Crippen LogP contribution in [0.1, 0.15) is 43.2 Å². The van der Waals surface area contributed by atoms with Crippen molar-refractivity contribution in [3.63, 3.8) is 0 Å². The first-order valence-electron chi connectivity index (χ1n) is 10.8. The second kappa shape index (κ2) is 8.12. The number of rotatable bonds is 6. The van der Waals surface area contributed by atoms with Gasteiger partial charge in [-0.1, -0.05) is 18.2 Å². The predicted octanol–water partition coefficient (Wildman–Crippen LogP) is 4.99. The van der Waals surface area contributed by atoms with Gasteiger partial charge in [-0.3, -0.25) is 14.5 Å². The monoisotopic (exact) mass is 461 g/mol.